The summed E-state index contributed by atoms with van der Waals surface area (Å²) in [6, 6.07) is 13.4. The summed E-state index contributed by atoms with van der Waals surface area (Å²) >= 11 is 6.00. The Morgan fingerprint density at radius 2 is 2.00 bits per heavy atom. The Labute approximate surface area is 150 Å². The molecule has 0 unspecified atom stereocenters. The van der Waals surface area contributed by atoms with Gasteiger partial charge in [0.25, 0.3) is 5.95 Å². The van der Waals surface area contributed by atoms with Crippen LogP contribution in [0.5, 0.6) is 11.5 Å². The molecular formula is C17H18ClN5O2. The van der Waals surface area contributed by atoms with E-state index in [1.165, 1.54) is 0 Å². The van der Waals surface area contributed by atoms with E-state index in [1.54, 1.807) is 0 Å². The second-order valence-electron chi connectivity index (χ2n) is 5.22. The Bertz CT molecular complexity index is 811. The molecule has 0 saturated heterocycles. The maximum Gasteiger partial charge on any atom is 0.263 e. The smallest absolute Gasteiger partial charge is 0.263 e. The van der Waals surface area contributed by atoms with Crippen LogP contribution in [0, 0.1) is 0 Å². The van der Waals surface area contributed by atoms with E-state index in [-0.39, 0.29) is 0 Å². The molecule has 8 heteroatoms. The summed E-state index contributed by atoms with van der Waals surface area (Å²) < 4.78 is 11.6. The number of hydrogen-bond acceptors (Lipinski definition) is 6. The van der Waals surface area contributed by atoms with E-state index in [0.717, 1.165) is 11.1 Å². The van der Waals surface area contributed by atoms with Crippen LogP contribution in [0.2, 0.25) is 5.02 Å². The monoisotopic (exact) mass is 359 g/mol. The number of anilines is 1. The lowest BCUT2D eigenvalue weighted by molar-refractivity contribution is 0.269. The van der Waals surface area contributed by atoms with Crippen molar-refractivity contribution >= 4 is 17.5 Å². The summed E-state index contributed by atoms with van der Waals surface area (Å²) in [5.74, 6) is 1.82. The number of aromatic nitrogens is 4. The van der Waals surface area contributed by atoms with Gasteiger partial charge in [-0.1, -0.05) is 34.9 Å². The van der Waals surface area contributed by atoms with Gasteiger partial charge in [0.2, 0.25) is 0 Å². The fourth-order valence-corrected chi connectivity index (χ4v) is 2.47. The first kappa shape index (κ1) is 17.0. The number of tetrazole rings is 1. The van der Waals surface area contributed by atoms with E-state index < -0.39 is 0 Å². The molecule has 1 aromatic heterocycles. The number of H-pyrrole nitrogens is 1. The van der Waals surface area contributed by atoms with Crippen LogP contribution in [-0.2, 0) is 13.2 Å². The predicted molar refractivity (Wildman–Crippen MR) is 94.9 cm³/mol. The highest BCUT2D eigenvalue weighted by Gasteiger charge is 2.08. The summed E-state index contributed by atoms with van der Waals surface area (Å²) in [5, 5.41) is 17.4. The average Bonchev–Trinajstić information content (AvgIpc) is 3.13. The number of ether oxygens (including phenoxy) is 2. The minimum Gasteiger partial charge on any atom is -0.490 e. The van der Waals surface area contributed by atoms with Crippen molar-refractivity contribution in [2.45, 2.75) is 20.1 Å². The van der Waals surface area contributed by atoms with Gasteiger partial charge in [-0.25, -0.2) is 0 Å². The SMILES string of the molecule is CCOc1cc(CNc2nn[nH]n2)ccc1OCc1cccc(Cl)c1. The first-order chi connectivity index (χ1) is 12.2. The number of nitrogens with zero attached hydrogens (tertiary/aromatic N) is 3. The molecule has 0 aliphatic heterocycles. The second kappa shape index (κ2) is 8.34. The Balaban J connectivity index is 1.67. The molecule has 3 rings (SSSR count). The van der Waals surface area contributed by atoms with Crippen molar-refractivity contribution in [1.82, 2.24) is 20.6 Å². The molecule has 25 heavy (non-hydrogen) atoms. The topological polar surface area (TPSA) is 85.0 Å². The fraction of sp³-hybridized carbons (Fsp3) is 0.235. The zero-order chi connectivity index (χ0) is 17.5. The fourth-order valence-electron chi connectivity index (χ4n) is 2.26. The van der Waals surface area contributed by atoms with Gasteiger partial charge in [-0.2, -0.15) is 5.21 Å². The van der Waals surface area contributed by atoms with E-state index in [4.69, 9.17) is 21.1 Å². The van der Waals surface area contributed by atoms with Gasteiger partial charge in [-0.3, -0.25) is 0 Å². The highest BCUT2D eigenvalue weighted by Crippen LogP contribution is 2.29. The molecule has 0 saturated carbocycles. The molecule has 130 valence electrons. The van der Waals surface area contributed by atoms with Gasteiger partial charge >= 0.3 is 0 Å². The number of halogens is 1. The highest BCUT2D eigenvalue weighted by molar-refractivity contribution is 6.30. The van der Waals surface area contributed by atoms with Crippen molar-refractivity contribution in [3.63, 3.8) is 0 Å². The Hall–Kier alpha value is -2.80. The number of benzene rings is 2. The molecule has 0 spiro atoms. The predicted octanol–water partition coefficient (Wildman–Crippen LogP) is 3.44. The normalized spacial score (nSPS) is 10.5. The van der Waals surface area contributed by atoms with Crippen molar-refractivity contribution < 1.29 is 9.47 Å². The summed E-state index contributed by atoms with van der Waals surface area (Å²) in [7, 11) is 0. The standard InChI is InChI=1S/C17H18ClN5O2/c1-2-24-16-9-12(10-19-17-20-22-23-21-17)6-7-15(16)25-11-13-4-3-5-14(18)8-13/h3-9H,2,10-11H2,1H3,(H2,19,20,21,22,23). The molecule has 2 aromatic carbocycles. The lowest BCUT2D eigenvalue weighted by atomic mass is 10.2. The zero-order valence-corrected chi connectivity index (χ0v) is 14.5. The maximum absolute atomic E-state index is 6.00. The number of hydrogen-bond donors (Lipinski definition) is 2. The Morgan fingerprint density at radius 3 is 2.76 bits per heavy atom. The minimum atomic E-state index is 0.418. The quantitative estimate of drug-likeness (QED) is 0.640. The van der Waals surface area contributed by atoms with Crippen LogP contribution in [0.15, 0.2) is 42.5 Å². The first-order valence-electron chi connectivity index (χ1n) is 7.85. The summed E-state index contributed by atoms with van der Waals surface area (Å²) in [5.41, 5.74) is 2.01. The second-order valence-corrected chi connectivity index (χ2v) is 5.66. The van der Waals surface area contributed by atoms with E-state index in [1.807, 2.05) is 49.4 Å². The summed E-state index contributed by atoms with van der Waals surface area (Å²) in [6.07, 6.45) is 0. The van der Waals surface area contributed by atoms with Crippen molar-refractivity contribution in [1.29, 1.82) is 0 Å². The molecular weight excluding hydrogens is 342 g/mol. The minimum absolute atomic E-state index is 0.418. The van der Waals surface area contributed by atoms with Crippen LogP contribution in [0.3, 0.4) is 0 Å². The molecule has 7 nitrogen and oxygen atoms in total. The highest BCUT2D eigenvalue weighted by atomic mass is 35.5. The Morgan fingerprint density at radius 1 is 1.08 bits per heavy atom. The van der Waals surface area contributed by atoms with E-state index in [9.17, 15) is 0 Å². The molecule has 0 aliphatic carbocycles. The van der Waals surface area contributed by atoms with Crippen molar-refractivity contribution in [2.24, 2.45) is 0 Å². The van der Waals surface area contributed by atoms with Gasteiger partial charge in [0, 0.05) is 11.6 Å². The number of aromatic amines is 1. The van der Waals surface area contributed by atoms with Gasteiger partial charge in [-0.05, 0) is 47.5 Å². The average molecular weight is 360 g/mol. The third-order valence-electron chi connectivity index (χ3n) is 3.39. The molecule has 1 heterocycles. The first-order valence-corrected chi connectivity index (χ1v) is 8.22. The Kier molecular flexibility index (Phi) is 5.69. The van der Waals surface area contributed by atoms with Gasteiger partial charge < -0.3 is 14.8 Å². The lowest BCUT2D eigenvalue weighted by Crippen LogP contribution is -2.04. The molecule has 0 atom stereocenters. The van der Waals surface area contributed by atoms with Crippen LogP contribution in [-0.4, -0.2) is 27.2 Å². The van der Waals surface area contributed by atoms with Crippen molar-refractivity contribution in [3.8, 4) is 11.5 Å². The third kappa shape index (κ3) is 4.84. The van der Waals surface area contributed by atoms with Crippen LogP contribution in [0.25, 0.3) is 0 Å². The maximum atomic E-state index is 6.00. The number of nitrogens with one attached hydrogen (secondary N) is 2. The third-order valence-corrected chi connectivity index (χ3v) is 3.62. The molecule has 0 aliphatic rings. The molecule has 3 aromatic rings. The van der Waals surface area contributed by atoms with Gasteiger partial charge in [-0.15, -0.1) is 5.10 Å². The van der Waals surface area contributed by atoms with Crippen LogP contribution in [0.1, 0.15) is 18.1 Å². The van der Waals surface area contributed by atoms with Gasteiger partial charge in [0.05, 0.1) is 6.61 Å². The molecule has 0 fully saturated rings. The molecule has 0 amide bonds. The van der Waals surface area contributed by atoms with Crippen LogP contribution < -0.4 is 14.8 Å². The summed E-state index contributed by atoms with van der Waals surface area (Å²) in [6.45, 7) is 3.45. The molecule has 0 bridgehead atoms. The lowest BCUT2D eigenvalue weighted by Gasteiger charge is -2.14. The number of rotatable bonds is 8. The van der Waals surface area contributed by atoms with Gasteiger partial charge in [0.15, 0.2) is 11.5 Å². The zero-order valence-electron chi connectivity index (χ0n) is 13.7. The van der Waals surface area contributed by atoms with E-state index in [2.05, 4.69) is 25.9 Å². The largest absolute Gasteiger partial charge is 0.490 e. The molecule has 0 radical (unpaired) electrons. The van der Waals surface area contributed by atoms with Crippen molar-refractivity contribution in [2.75, 3.05) is 11.9 Å². The van der Waals surface area contributed by atoms with Crippen LogP contribution >= 0.6 is 11.6 Å². The van der Waals surface area contributed by atoms with Crippen LogP contribution in [0.4, 0.5) is 5.95 Å². The molecule has 2 N–H and O–H groups in total. The van der Waals surface area contributed by atoms with E-state index in [0.29, 0.717) is 42.2 Å². The van der Waals surface area contributed by atoms with E-state index >= 15 is 0 Å². The van der Waals surface area contributed by atoms with Crippen molar-refractivity contribution in [3.05, 3.63) is 58.6 Å². The van der Waals surface area contributed by atoms with Gasteiger partial charge in [0.1, 0.15) is 6.61 Å². The summed E-state index contributed by atoms with van der Waals surface area (Å²) in [4.78, 5) is 0.